The first kappa shape index (κ1) is 26.0. The van der Waals surface area contributed by atoms with Crippen LogP contribution in [0.25, 0.3) is 16.4 Å². The zero-order chi connectivity index (χ0) is 25.7. The fraction of sp³-hybridized carbons (Fsp3) is 0.381. The molecule has 0 aliphatic carbocycles. The first-order chi connectivity index (χ1) is 16.3. The van der Waals surface area contributed by atoms with Gasteiger partial charge in [-0.05, 0) is 26.0 Å². The second-order valence-corrected chi connectivity index (χ2v) is 13.4. The highest BCUT2D eigenvalue weighted by Gasteiger charge is 2.30. The smallest absolute Gasteiger partial charge is 0.300 e. The van der Waals surface area contributed by atoms with Crippen LogP contribution in [0.3, 0.4) is 0 Å². The molecular formula is C21H26N3O7S4+. The number of methoxy groups -OCH3 is 1. The van der Waals surface area contributed by atoms with E-state index in [4.69, 9.17) is 4.74 Å². The number of hydrogen-bond donors (Lipinski definition) is 2. The van der Waals surface area contributed by atoms with Crippen molar-refractivity contribution in [1.82, 2.24) is 4.57 Å². The van der Waals surface area contributed by atoms with Crippen LogP contribution in [0.1, 0.15) is 16.3 Å². The summed E-state index contributed by atoms with van der Waals surface area (Å²) in [4.78, 5) is 2.69. The summed E-state index contributed by atoms with van der Waals surface area (Å²) in [6.07, 6.45) is 1.88. The summed E-state index contributed by atoms with van der Waals surface area (Å²) in [6, 6.07) is 5.50. The molecule has 0 atom stereocenters. The van der Waals surface area contributed by atoms with Crippen molar-refractivity contribution in [2.45, 2.75) is 25.3 Å². The molecule has 1 aliphatic heterocycles. The SMILES string of the molecule is COc1ccc2c(c1)N(CCS(=O)(=O)O)C(=Cc1sc3c(C)c(C)n(C)c3[n+]1CCS(=O)(=O)O)S2. The summed E-state index contributed by atoms with van der Waals surface area (Å²) in [7, 11) is -4.93. The van der Waals surface area contributed by atoms with Crippen LogP contribution in [0.2, 0.25) is 0 Å². The lowest BCUT2D eigenvalue weighted by molar-refractivity contribution is -0.666. The molecule has 2 N–H and O–H groups in total. The second-order valence-electron chi connectivity index (χ2n) is 8.16. The second kappa shape index (κ2) is 9.41. The summed E-state index contributed by atoms with van der Waals surface area (Å²) in [5.74, 6) is -0.298. The molecule has 2 aromatic heterocycles. The quantitative estimate of drug-likeness (QED) is 0.315. The van der Waals surface area contributed by atoms with Gasteiger partial charge in [-0.3, -0.25) is 9.11 Å². The van der Waals surface area contributed by atoms with Gasteiger partial charge in [0.2, 0.25) is 0 Å². The minimum atomic E-state index is -4.20. The standard InChI is InChI=1S/C21H25N3O7S4/c1-13-14(2)22(3)21-20(13)33-19(24(21)8-10-35(28,29)30)12-18-23(7-9-34(25,26)27)16-11-15(31-4)5-6-17(16)32-18/h5-6,11-12H,7-10H2,1-4H3,(H-,25,26,27,28,29,30)/p+1. The van der Waals surface area contributed by atoms with Gasteiger partial charge in [0.05, 0.1) is 30.6 Å². The fourth-order valence-corrected chi connectivity index (χ4v) is 7.29. The third-order valence-corrected chi connectivity index (χ3v) is 9.72. The van der Waals surface area contributed by atoms with Gasteiger partial charge in [-0.1, -0.05) is 23.1 Å². The summed E-state index contributed by atoms with van der Waals surface area (Å²) in [5, 5.41) is 1.47. The van der Waals surface area contributed by atoms with Crippen molar-refractivity contribution in [3.63, 3.8) is 0 Å². The van der Waals surface area contributed by atoms with E-state index in [-0.39, 0.29) is 13.1 Å². The minimum Gasteiger partial charge on any atom is -0.497 e. The van der Waals surface area contributed by atoms with Gasteiger partial charge < -0.3 is 9.64 Å². The lowest BCUT2D eigenvalue weighted by atomic mass is 10.2. The van der Waals surface area contributed by atoms with Crippen molar-refractivity contribution in [2.75, 3.05) is 30.1 Å². The van der Waals surface area contributed by atoms with Crippen molar-refractivity contribution in [3.05, 3.63) is 39.5 Å². The molecule has 0 radical (unpaired) electrons. The highest BCUT2D eigenvalue weighted by atomic mass is 32.2. The number of thiazole rings is 1. The van der Waals surface area contributed by atoms with E-state index < -0.39 is 31.7 Å². The molecule has 0 saturated heterocycles. The molecule has 0 amide bonds. The number of nitrogens with zero attached hydrogens (tertiary/aromatic N) is 3. The van der Waals surface area contributed by atoms with E-state index in [2.05, 4.69) is 0 Å². The average molecular weight is 561 g/mol. The van der Waals surface area contributed by atoms with E-state index in [0.29, 0.717) is 5.75 Å². The minimum absolute atomic E-state index is 0.0197. The highest BCUT2D eigenvalue weighted by Crippen LogP contribution is 2.48. The normalized spacial score (nSPS) is 15.4. The third-order valence-electron chi connectivity index (χ3n) is 5.97. The van der Waals surface area contributed by atoms with Crippen LogP contribution in [0.15, 0.2) is 28.1 Å². The van der Waals surface area contributed by atoms with E-state index in [1.54, 1.807) is 18.1 Å². The van der Waals surface area contributed by atoms with Crippen molar-refractivity contribution in [2.24, 2.45) is 7.05 Å². The Morgan fingerprint density at radius 3 is 2.43 bits per heavy atom. The number of fused-ring (bicyclic) bond motifs is 2. The van der Waals surface area contributed by atoms with Gasteiger partial charge in [-0.2, -0.15) is 16.8 Å². The van der Waals surface area contributed by atoms with Crippen LogP contribution in [-0.2, 0) is 33.8 Å². The average Bonchev–Trinajstić information content (AvgIpc) is 3.36. The van der Waals surface area contributed by atoms with Crippen LogP contribution < -0.4 is 14.2 Å². The van der Waals surface area contributed by atoms with E-state index >= 15 is 0 Å². The Morgan fingerprint density at radius 2 is 1.80 bits per heavy atom. The Bertz CT molecular complexity index is 1550. The van der Waals surface area contributed by atoms with Crippen LogP contribution in [0, 0.1) is 13.8 Å². The fourth-order valence-electron chi connectivity index (χ4n) is 3.97. The Morgan fingerprint density at radius 1 is 1.11 bits per heavy atom. The maximum atomic E-state index is 11.5. The molecule has 0 fully saturated rings. The summed E-state index contributed by atoms with van der Waals surface area (Å²) < 4.78 is 75.0. The zero-order valence-corrected chi connectivity index (χ0v) is 22.8. The molecule has 35 heavy (non-hydrogen) atoms. The topological polar surface area (TPSA) is 130 Å². The molecule has 0 saturated carbocycles. The first-order valence-electron chi connectivity index (χ1n) is 10.5. The van der Waals surface area contributed by atoms with Crippen molar-refractivity contribution >= 4 is 65.4 Å². The van der Waals surface area contributed by atoms with Gasteiger partial charge in [0, 0.05) is 29.1 Å². The number of anilines is 1. The molecule has 3 aromatic rings. The molecule has 0 unspecified atom stereocenters. The number of benzene rings is 1. The van der Waals surface area contributed by atoms with Crippen LogP contribution in [0.4, 0.5) is 5.69 Å². The number of aryl methyl sites for hydroxylation is 3. The molecule has 0 spiro atoms. The molecule has 0 bridgehead atoms. The molecule has 1 aromatic carbocycles. The van der Waals surface area contributed by atoms with Gasteiger partial charge in [0.1, 0.15) is 28.4 Å². The van der Waals surface area contributed by atoms with E-state index in [1.807, 2.05) is 48.2 Å². The highest BCUT2D eigenvalue weighted by molar-refractivity contribution is 8.04. The van der Waals surface area contributed by atoms with Gasteiger partial charge in [0.15, 0.2) is 5.01 Å². The number of thioether (sulfide) groups is 1. The Kier molecular flexibility index (Phi) is 6.98. The van der Waals surface area contributed by atoms with Crippen LogP contribution >= 0.6 is 23.1 Å². The van der Waals surface area contributed by atoms with Gasteiger partial charge in [-0.15, -0.1) is 0 Å². The largest absolute Gasteiger partial charge is 0.497 e. The molecule has 3 heterocycles. The number of hydrogen-bond acceptors (Lipinski definition) is 8. The molecular weight excluding hydrogens is 535 g/mol. The van der Waals surface area contributed by atoms with E-state index in [9.17, 15) is 25.9 Å². The van der Waals surface area contributed by atoms with Gasteiger partial charge >= 0.3 is 5.65 Å². The zero-order valence-electron chi connectivity index (χ0n) is 19.5. The Balaban J connectivity index is 1.85. The Labute approximate surface area is 212 Å². The van der Waals surface area contributed by atoms with Gasteiger partial charge in [0.25, 0.3) is 20.2 Å². The summed E-state index contributed by atoms with van der Waals surface area (Å²) in [6.45, 7) is 4.06. The summed E-state index contributed by atoms with van der Waals surface area (Å²) >= 11 is 2.93. The van der Waals surface area contributed by atoms with Crippen molar-refractivity contribution < 1.29 is 35.2 Å². The number of ether oxygens (including phenoxy) is 1. The lowest BCUT2D eigenvalue weighted by Gasteiger charge is -2.20. The maximum Gasteiger partial charge on any atom is 0.300 e. The molecule has 14 heteroatoms. The molecule has 4 rings (SSSR count). The summed E-state index contributed by atoms with van der Waals surface area (Å²) in [5.41, 5.74) is 3.72. The van der Waals surface area contributed by atoms with Crippen LogP contribution in [0.5, 0.6) is 5.75 Å². The first-order valence-corrected chi connectivity index (χ1v) is 15.4. The number of rotatable bonds is 8. The monoisotopic (exact) mass is 560 g/mol. The predicted molar refractivity (Wildman–Crippen MR) is 137 cm³/mol. The lowest BCUT2D eigenvalue weighted by Crippen LogP contribution is -2.40. The van der Waals surface area contributed by atoms with Crippen molar-refractivity contribution in [3.8, 4) is 5.75 Å². The van der Waals surface area contributed by atoms with Gasteiger partial charge in [-0.25, -0.2) is 9.13 Å². The molecule has 190 valence electrons. The number of aromatic nitrogens is 2. The van der Waals surface area contributed by atoms with E-state index in [1.165, 1.54) is 23.1 Å². The van der Waals surface area contributed by atoms with E-state index in [0.717, 1.165) is 42.2 Å². The predicted octanol–water partition coefficient (Wildman–Crippen LogP) is 2.84. The molecule has 1 aliphatic rings. The Hall–Kier alpha value is -2.10. The third kappa shape index (κ3) is 5.37. The van der Waals surface area contributed by atoms with Crippen molar-refractivity contribution in [1.29, 1.82) is 0 Å². The molecule has 10 nitrogen and oxygen atoms in total. The van der Waals surface area contributed by atoms with Crippen LogP contribution in [-0.4, -0.2) is 55.7 Å². The maximum absolute atomic E-state index is 11.5.